The molecule has 0 bridgehead atoms. The van der Waals surface area contributed by atoms with E-state index in [1.54, 1.807) is 6.07 Å². The minimum absolute atomic E-state index is 0.0174. The SMILES string of the molecule is COC(=O)C(C(=O)OC)[C@H](C)[C@H](NC(=O)c1ccccc1NC(C)=O)C(=O)O. The number of esters is 2. The molecular weight excluding hydrogens is 372 g/mol. The monoisotopic (exact) mass is 394 g/mol. The topological polar surface area (TPSA) is 148 Å². The van der Waals surface area contributed by atoms with E-state index in [2.05, 4.69) is 20.1 Å². The van der Waals surface area contributed by atoms with Gasteiger partial charge in [-0.3, -0.25) is 19.2 Å². The fraction of sp³-hybridized carbons (Fsp3) is 0.389. The van der Waals surface area contributed by atoms with Crippen molar-refractivity contribution >= 4 is 35.4 Å². The maximum atomic E-state index is 12.6. The predicted molar refractivity (Wildman–Crippen MR) is 96.3 cm³/mol. The summed E-state index contributed by atoms with van der Waals surface area (Å²) < 4.78 is 9.09. The Labute approximate surface area is 161 Å². The van der Waals surface area contributed by atoms with Gasteiger partial charge in [0.1, 0.15) is 6.04 Å². The second kappa shape index (κ2) is 10.0. The van der Waals surface area contributed by atoms with Crippen molar-refractivity contribution in [2.75, 3.05) is 19.5 Å². The number of nitrogens with one attached hydrogen (secondary N) is 2. The van der Waals surface area contributed by atoms with Crippen LogP contribution in [-0.2, 0) is 28.7 Å². The summed E-state index contributed by atoms with van der Waals surface area (Å²) in [5, 5.41) is 14.3. The minimum Gasteiger partial charge on any atom is -0.480 e. The number of amides is 2. The first kappa shape index (κ1) is 22.6. The van der Waals surface area contributed by atoms with Gasteiger partial charge >= 0.3 is 17.9 Å². The molecule has 0 saturated carbocycles. The van der Waals surface area contributed by atoms with Gasteiger partial charge in [-0.2, -0.15) is 0 Å². The van der Waals surface area contributed by atoms with Crippen LogP contribution >= 0.6 is 0 Å². The van der Waals surface area contributed by atoms with Crippen LogP contribution in [0.1, 0.15) is 24.2 Å². The molecule has 1 aromatic rings. The number of ether oxygens (including phenoxy) is 2. The lowest BCUT2D eigenvalue weighted by Crippen LogP contribution is -2.50. The maximum absolute atomic E-state index is 12.6. The number of rotatable bonds is 8. The van der Waals surface area contributed by atoms with Crippen LogP contribution < -0.4 is 10.6 Å². The smallest absolute Gasteiger partial charge is 0.326 e. The van der Waals surface area contributed by atoms with E-state index in [-0.39, 0.29) is 11.3 Å². The van der Waals surface area contributed by atoms with Crippen LogP contribution in [0, 0.1) is 11.8 Å². The molecule has 2 amide bonds. The van der Waals surface area contributed by atoms with Gasteiger partial charge in [0.25, 0.3) is 5.91 Å². The quantitative estimate of drug-likeness (QED) is 0.424. The van der Waals surface area contributed by atoms with E-state index in [1.807, 2.05) is 0 Å². The van der Waals surface area contributed by atoms with Crippen LogP contribution in [0.3, 0.4) is 0 Å². The largest absolute Gasteiger partial charge is 0.480 e. The van der Waals surface area contributed by atoms with Crippen LogP contribution in [0.2, 0.25) is 0 Å². The van der Waals surface area contributed by atoms with Crippen LogP contribution in [0.4, 0.5) is 5.69 Å². The van der Waals surface area contributed by atoms with Crippen molar-refractivity contribution in [3.8, 4) is 0 Å². The lowest BCUT2D eigenvalue weighted by atomic mass is 9.87. The second-order valence-electron chi connectivity index (χ2n) is 5.90. The number of anilines is 1. The first-order valence-corrected chi connectivity index (χ1v) is 8.20. The van der Waals surface area contributed by atoms with Gasteiger partial charge in [-0.15, -0.1) is 0 Å². The first-order valence-electron chi connectivity index (χ1n) is 8.20. The molecule has 0 aliphatic heterocycles. The fourth-order valence-electron chi connectivity index (χ4n) is 2.59. The van der Waals surface area contributed by atoms with Crippen molar-refractivity contribution in [1.82, 2.24) is 5.32 Å². The van der Waals surface area contributed by atoms with Gasteiger partial charge in [0.2, 0.25) is 5.91 Å². The van der Waals surface area contributed by atoms with Crippen LogP contribution in [0.5, 0.6) is 0 Å². The predicted octanol–water partition coefficient (Wildman–Crippen LogP) is 0.426. The molecule has 0 aliphatic rings. The number of hydrogen-bond donors (Lipinski definition) is 3. The highest BCUT2D eigenvalue weighted by atomic mass is 16.5. The summed E-state index contributed by atoms with van der Waals surface area (Å²) in [4.78, 5) is 59.5. The molecule has 0 radical (unpaired) electrons. The molecule has 10 nitrogen and oxygen atoms in total. The number of hydrogen-bond acceptors (Lipinski definition) is 7. The number of methoxy groups -OCH3 is 2. The Bertz CT molecular complexity index is 761. The Morgan fingerprint density at radius 2 is 1.54 bits per heavy atom. The number of carbonyl (C=O) groups excluding carboxylic acids is 4. The summed E-state index contributed by atoms with van der Waals surface area (Å²) in [7, 11) is 2.09. The second-order valence-corrected chi connectivity index (χ2v) is 5.90. The summed E-state index contributed by atoms with van der Waals surface area (Å²) in [6, 6.07) is 4.37. The third kappa shape index (κ3) is 5.53. The Morgan fingerprint density at radius 3 is 2.00 bits per heavy atom. The Kier molecular flexibility index (Phi) is 8.11. The van der Waals surface area contributed by atoms with Crippen LogP contribution in [0.25, 0.3) is 0 Å². The molecule has 28 heavy (non-hydrogen) atoms. The summed E-state index contributed by atoms with van der Waals surface area (Å²) in [6.07, 6.45) is 0. The van der Waals surface area contributed by atoms with Gasteiger partial charge in [-0.25, -0.2) is 4.79 Å². The molecule has 0 saturated heterocycles. The standard InChI is InChI=1S/C18H22N2O8/c1-9(13(17(25)27-3)18(26)28-4)14(16(23)24)20-15(22)11-7-5-6-8-12(11)19-10(2)21/h5-9,13-14H,1-4H3,(H,19,21)(H,20,22)(H,23,24)/t9-,14-/m0/s1. The molecule has 0 aliphatic carbocycles. The van der Waals surface area contributed by atoms with E-state index < -0.39 is 47.6 Å². The Balaban J connectivity index is 3.18. The normalized spacial score (nSPS) is 12.5. The summed E-state index contributed by atoms with van der Waals surface area (Å²) in [5.41, 5.74) is 0.200. The van der Waals surface area contributed by atoms with Gasteiger partial charge in [0.05, 0.1) is 25.5 Å². The minimum atomic E-state index is -1.61. The molecule has 10 heteroatoms. The average molecular weight is 394 g/mol. The number of carboxylic acid groups (broad SMARTS) is 1. The number of carboxylic acids is 1. The Hall–Kier alpha value is -3.43. The third-order valence-corrected chi connectivity index (χ3v) is 4.00. The molecule has 0 unspecified atom stereocenters. The van der Waals surface area contributed by atoms with E-state index >= 15 is 0 Å². The lowest BCUT2D eigenvalue weighted by molar-refractivity contribution is -0.162. The molecule has 0 aromatic heterocycles. The van der Waals surface area contributed by atoms with Gasteiger partial charge in [-0.05, 0) is 12.1 Å². The molecule has 1 aromatic carbocycles. The van der Waals surface area contributed by atoms with E-state index in [1.165, 1.54) is 32.0 Å². The van der Waals surface area contributed by atoms with Gasteiger partial charge < -0.3 is 25.2 Å². The maximum Gasteiger partial charge on any atom is 0.326 e. The van der Waals surface area contributed by atoms with Crippen LogP contribution in [0.15, 0.2) is 24.3 Å². The fourth-order valence-corrected chi connectivity index (χ4v) is 2.59. The zero-order chi connectivity index (χ0) is 21.4. The highest BCUT2D eigenvalue weighted by molar-refractivity contribution is 6.04. The molecule has 152 valence electrons. The zero-order valence-corrected chi connectivity index (χ0v) is 15.8. The van der Waals surface area contributed by atoms with Crippen LogP contribution in [-0.4, -0.2) is 55.1 Å². The van der Waals surface area contributed by atoms with Crippen molar-refractivity contribution in [2.24, 2.45) is 11.8 Å². The van der Waals surface area contributed by atoms with Gasteiger partial charge in [0.15, 0.2) is 5.92 Å². The Morgan fingerprint density at radius 1 is 1.00 bits per heavy atom. The van der Waals surface area contributed by atoms with E-state index in [4.69, 9.17) is 0 Å². The third-order valence-electron chi connectivity index (χ3n) is 4.00. The molecule has 0 spiro atoms. The van der Waals surface area contributed by atoms with Crippen molar-refractivity contribution in [3.63, 3.8) is 0 Å². The summed E-state index contributed by atoms with van der Waals surface area (Å²) in [6.45, 7) is 2.56. The number of carbonyl (C=O) groups is 5. The number of benzene rings is 1. The highest BCUT2D eigenvalue weighted by Crippen LogP contribution is 2.21. The molecular formula is C18H22N2O8. The van der Waals surface area contributed by atoms with Gasteiger partial charge in [0, 0.05) is 12.8 Å². The van der Waals surface area contributed by atoms with Crippen molar-refractivity contribution in [2.45, 2.75) is 19.9 Å². The van der Waals surface area contributed by atoms with E-state index in [0.29, 0.717) is 0 Å². The van der Waals surface area contributed by atoms with Crippen molar-refractivity contribution in [1.29, 1.82) is 0 Å². The summed E-state index contributed by atoms with van der Waals surface area (Å²) in [5.74, 6) is -7.40. The van der Waals surface area contributed by atoms with Crippen molar-refractivity contribution in [3.05, 3.63) is 29.8 Å². The van der Waals surface area contributed by atoms with Crippen molar-refractivity contribution < 1.29 is 38.6 Å². The van der Waals surface area contributed by atoms with E-state index in [0.717, 1.165) is 14.2 Å². The highest BCUT2D eigenvalue weighted by Gasteiger charge is 2.42. The first-order chi connectivity index (χ1) is 13.1. The molecule has 0 fully saturated rings. The zero-order valence-electron chi connectivity index (χ0n) is 15.8. The van der Waals surface area contributed by atoms with E-state index in [9.17, 15) is 29.1 Å². The van der Waals surface area contributed by atoms with Gasteiger partial charge in [-0.1, -0.05) is 19.1 Å². The molecule has 1 rings (SSSR count). The molecule has 0 heterocycles. The lowest BCUT2D eigenvalue weighted by Gasteiger charge is -2.26. The molecule has 3 N–H and O–H groups in total. The molecule has 2 atom stereocenters. The average Bonchev–Trinajstić information content (AvgIpc) is 2.65. The summed E-state index contributed by atoms with van der Waals surface area (Å²) >= 11 is 0. The number of para-hydroxylation sites is 1. The number of aliphatic carboxylic acids is 1.